The molecule has 2 aromatic rings. The maximum absolute atomic E-state index is 6.44. The number of benzene rings is 1. The lowest BCUT2D eigenvalue weighted by Gasteiger charge is -2.16. The molecule has 0 bridgehead atoms. The first kappa shape index (κ1) is 15.7. The van der Waals surface area contributed by atoms with Crippen LogP contribution in [-0.4, -0.2) is 9.78 Å². The van der Waals surface area contributed by atoms with Crippen molar-refractivity contribution in [3.8, 4) is 5.69 Å². The van der Waals surface area contributed by atoms with Crippen LogP contribution in [0.3, 0.4) is 0 Å². The van der Waals surface area contributed by atoms with Gasteiger partial charge in [0.1, 0.15) is 5.15 Å². The molecule has 2 nitrogen and oxygen atoms in total. The molecule has 0 saturated carbocycles. The maximum atomic E-state index is 6.44. The van der Waals surface area contributed by atoms with Crippen molar-refractivity contribution in [2.75, 3.05) is 0 Å². The molecule has 0 radical (unpaired) electrons. The van der Waals surface area contributed by atoms with E-state index in [1.54, 1.807) is 4.68 Å². The van der Waals surface area contributed by atoms with Gasteiger partial charge in [-0.25, -0.2) is 4.68 Å². The minimum atomic E-state index is -0.117. The number of nitrogens with zero attached hydrogens (tertiary/aromatic N) is 2. The second-order valence-corrected chi connectivity index (χ2v) is 6.88. The standard InChI is InChI=1S/C15H17Cl3N2/c1-9-5-6-10(7-12(9)17)20-14(18)11(8-16)13(19-20)15(2,3)4/h5-7H,8H2,1-4H3. The molecule has 0 saturated heterocycles. The Bertz CT molecular complexity index is 639. The van der Waals surface area contributed by atoms with Gasteiger partial charge in [0.2, 0.25) is 0 Å². The lowest BCUT2D eigenvalue weighted by Crippen LogP contribution is -2.14. The van der Waals surface area contributed by atoms with Gasteiger partial charge in [-0.3, -0.25) is 0 Å². The molecule has 1 heterocycles. The second-order valence-electron chi connectivity index (χ2n) is 5.85. The van der Waals surface area contributed by atoms with Gasteiger partial charge in [-0.05, 0) is 24.6 Å². The highest BCUT2D eigenvalue weighted by atomic mass is 35.5. The van der Waals surface area contributed by atoms with Gasteiger partial charge >= 0.3 is 0 Å². The van der Waals surface area contributed by atoms with Gasteiger partial charge in [0, 0.05) is 16.0 Å². The summed E-state index contributed by atoms with van der Waals surface area (Å²) in [5.41, 5.74) is 3.53. The van der Waals surface area contributed by atoms with Crippen LogP contribution in [0, 0.1) is 6.92 Å². The van der Waals surface area contributed by atoms with Crippen LogP contribution in [0.15, 0.2) is 18.2 Å². The number of rotatable bonds is 2. The van der Waals surface area contributed by atoms with E-state index in [1.165, 1.54) is 0 Å². The summed E-state index contributed by atoms with van der Waals surface area (Å²) in [7, 11) is 0. The van der Waals surface area contributed by atoms with Gasteiger partial charge in [0.05, 0.1) is 17.3 Å². The normalized spacial score (nSPS) is 11.9. The number of aryl methyl sites for hydroxylation is 1. The van der Waals surface area contributed by atoms with E-state index in [9.17, 15) is 0 Å². The van der Waals surface area contributed by atoms with E-state index in [1.807, 2.05) is 25.1 Å². The molecule has 0 N–H and O–H groups in total. The van der Waals surface area contributed by atoms with Gasteiger partial charge in [0.25, 0.3) is 0 Å². The van der Waals surface area contributed by atoms with Crippen molar-refractivity contribution >= 4 is 34.8 Å². The van der Waals surface area contributed by atoms with Crippen LogP contribution in [-0.2, 0) is 11.3 Å². The maximum Gasteiger partial charge on any atom is 0.137 e. The molecule has 108 valence electrons. The number of halogens is 3. The summed E-state index contributed by atoms with van der Waals surface area (Å²) in [6, 6.07) is 5.76. The molecular weight excluding hydrogens is 315 g/mol. The lowest BCUT2D eigenvalue weighted by molar-refractivity contribution is 0.556. The Kier molecular flexibility index (Phi) is 4.38. The third kappa shape index (κ3) is 2.83. The zero-order valence-corrected chi connectivity index (χ0v) is 14.2. The third-order valence-electron chi connectivity index (χ3n) is 3.16. The fourth-order valence-corrected chi connectivity index (χ4v) is 2.82. The smallest absolute Gasteiger partial charge is 0.137 e. The average Bonchev–Trinajstić information content (AvgIpc) is 2.69. The molecule has 0 aliphatic heterocycles. The monoisotopic (exact) mass is 330 g/mol. The Hall–Kier alpha value is -0.700. The third-order valence-corrected chi connectivity index (χ3v) is 4.23. The summed E-state index contributed by atoms with van der Waals surface area (Å²) in [4.78, 5) is 0. The first-order chi connectivity index (χ1) is 9.25. The van der Waals surface area contributed by atoms with Crippen LogP contribution in [0.25, 0.3) is 5.69 Å². The zero-order chi connectivity index (χ0) is 15.1. The Labute approximate surface area is 134 Å². The molecule has 20 heavy (non-hydrogen) atoms. The molecule has 1 aromatic carbocycles. The fraction of sp³-hybridized carbons (Fsp3) is 0.400. The number of hydrogen-bond acceptors (Lipinski definition) is 1. The van der Waals surface area contributed by atoms with Crippen LogP contribution >= 0.6 is 34.8 Å². The Balaban J connectivity index is 2.63. The van der Waals surface area contributed by atoms with Gasteiger partial charge < -0.3 is 0 Å². The zero-order valence-electron chi connectivity index (χ0n) is 12.0. The Morgan fingerprint density at radius 2 is 1.85 bits per heavy atom. The van der Waals surface area contributed by atoms with Crippen LogP contribution in [0.5, 0.6) is 0 Å². The molecule has 0 unspecified atom stereocenters. The summed E-state index contributed by atoms with van der Waals surface area (Å²) in [6.07, 6.45) is 0. The topological polar surface area (TPSA) is 17.8 Å². The van der Waals surface area contributed by atoms with Crippen molar-refractivity contribution < 1.29 is 0 Å². The SMILES string of the molecule is Cc1ccc(-n2nc(C(C)(C)C)c(CCl)c2Cl)cc1Cl. The quantitative estimate of drug-likeness (QED) is 0.662. The van der Waals surface area contributed by atoms with E-state index >= 15 is 0 Å². The van der Waals surface area contributed by atoms with Crippen LogP contribution in [0.4, 0.5) is 0 Å². The molecule has 0 atom stereocenters. The predicted molar refractivity (Wildman–Crippen MR) is 86.6 cm³/mol. The Morgan fingerprint density at radius 3 is 2.30 bits per heavy atom. The Morgan fingerprint density at radius 1 is 1.20 bits per heavy atom. The summed E-state index contributed by atoms with van der Waals surface area (Å²) < 4.78 is 1.70. The summed E-state index contributed by atoms with van der Waals surface area (Å²) in [6.45, 7) is 8.23. The highest BCUT2D eigenvalue weighted by Crippen LogP contribution is 2.33. The van der Waals surface area contributed by atoms with Crippen molar-refractivity contribution in [2.24, 2.45) is 0 Å². The van der Waals surface area contributed by atoms with Crippen LogP contribution in [0.1, 0.15) is 37.6 Å². The lowest BCUT2D eigenvalue weighted by atomic mass is 9.90. The van der Waals surface area contributed by atoms with E-state index in [0.29, 0.717) is 16.1 Å². The summed E-state index contributed by atoms with van der Waals surface area (Å²) in [5.74, 6) is 0.338. The van der Waals surface area contributed by atoms with Crippen molar-refractivity contribution in [1.82, 2.24) is 9.78 Å². The minimum absolute atomic E-state index is 0.117. The van der Waals surface area contributed by atoms with E-state index in [0.717, 1.165) is 22.5 Å². The highest BCUT2D eigenvalue weighted by molar-refractivity contribution is 6.32. The largest absolute Gasteiger partial charge is 0.222 e. The minimum Gasteiger partial charge on any atom is -0.222 e. The summed E-state index contributed by atoms with van der Waals surface area (Å²) >= 11 is 18.6. The first-order valence-electron chi connectivity index (χ1n) is 6.36. The molecule has 5 heteroatoms. The fourth-order valence-electron chi connectivity index (χ4n) is 2.04. The van der Waals surface area contributed by atoms with Crippen molar-refractivity contribution in [1.29, 1.82) is 0 Å². The molecule has 0 aliphatic rings. The molecule has 0 amide bonds. The van der Waals surface area contributed by atoms with Gasteiger partial charge in [0.15, 0.2) is 0 Å². The molecule has 2 rings (SSSR count). The number of alkyl halides is 1. The van der Waals surface area contributed by atoms with Crippen molar-refractivity contribution in [2.45, 2.75) is 39.0 Å². The van der Waals surface area contributed by atoms with E-state index in [4.69, 9.17) is 34.8 Å². The van der Waals surface area contributed by atoms with Crippen molar-refractivity contribution in [3.05, 3.63) is 45.2 Å². The van der Waals surface area contributed by atoms with Crippen LogP contribution in [0.2, 0.25) is 10.2 Å². The average molecular weight is 332 g/mol. The van der Waals surface area contributed by atoms with Crippen molar-refractivity contribution in [3.63, 3.8) is 0 Å². The molecule has 1 aromatic heterocycles. The predicted octanol–water partition coefficient (Wildman–Crippen LogP) is 5.52. The molecule has 0 spiro atoms. The van der Waals surface area contributed by atoms with E-state index in [-0.39, 0.29) is 5.41 Å². The summed E-state index contributed by atoms with van der Waals surface area (Å²) in [5, 5.41) is 5.87. The first-order valence-corrected chi connectivity index (χ1v) is 7.65. The number of hydrogen-bond donors (Lipinski definition) is 0. The van der Waals surface area contributed by atoms with Crippen LogP contribution < -0.4 is 0 Å². The van der Waals surface area contributed by atoms with Gasteiger partial charge in [-0.1, -0.05) is 50.0 Å². The second kappa shape index (κ2) is 5.59. The molecular formula is C15H17Cl3N2. The molecule has 0 aliphatic carbocycles. The number of aromatic nitrogens is 2. The van der Waals surface area contributed by atoms with Gasteiger partial charge in [-0.15, -0.1) is 11.6 Å². The van der Waals surface area contributed by atoms with E-state index in [2.05, 4.69) is 25.9 Å². The molecule has 0 fully saturated rings. The highest BCUT2D eigenvalue weighted by Gasteiger charge is 2.26. The van der Waals surface area contributed by atoms with E-state index < -0.39 is 0 Å². The van der Waals surface area contributed by atoms with Gasteiger partial charge in [-0.2, -0.15) is 5.10 Å².